The van der Waals surface area contributed by atoms with Gasteiger partial charge in [0.15, 0.2) is 4.08 Å². The average molecular weight is 251 g/mol. The smallest absolute Gasteiger partial charge is 0.255 e. The molecule has 2 nitrogen and oxygen atoms in total. The van der Waals surface area contributed by atoms with Crippen molar-refractivity contribution in [3.8, 4) is 0 Å². The summed E-state index contributed by atoms with van der Waals surface area (Å²) in [7, 11) is 0. The zero-order chi connectivity index (χ0) is 11.3. The van der Waals surface area contributed by atoms with E-state index in [-0.39, 0.29) is 9.99 Å². The minimum atomic E-state index is -0.353. The number of nitrogens with one attached hydrogen (secondary N) is 1. The van der Waals surface area contributed by atoms with Gasteiger partial charge in [0, 0.05) is 22.8 Å². The summed E-state index contributed by atoms with van der Waals surface area (Å²) in [6.07, 6.45) is 0. The van der Waals surface area contributed by atoms with Gasteiger partial charge in [0.25, 0.3) is 5.91 Å². The van der Waals surface area contributed by atoms with Crippen molar-refractivity contribution in [2.75, 3.05) is 16.8 Å². The van der Waals surface area contributed by atoms with Gasteiger partial charge < -0.3 is 5.32 Å². The van der Waals surface area contributed by atoms with Crippen molar-refractivity contribution in [2.24, 2.45) is 0 Å². The van der Waals surface area contributed by atoms with Crippen LogP contribution in [0, 0.1) is 13.8 Å². The van der Waals surface area contributed by atoms with Crippen LogP contribution in [0.1, 0.15) is 16.7 Å². The Kier molecular flexibility index (Phi) is 2.27. The van der Waals surface area contributed by atoms with Crippen LogP contribution in [0.5, 0.6) is 0 Å². The van der Waals surface area contributed by atoms with Crippen LogP contribution in [0.4, 0.5) is 5.69 Å². The maximum Gasteiger partial charge on any atom is 0.255 e. The fourth-order valence-corrected chi connectivity index (χ4v) is 5.31. The number of carbonyl (C=O) groups excluding carboxylic acids is 1. The molecule has 0 radical (unpaired) electrons. The number of hydrogen-bond donors (Lipinski definition) is 1. The van der Waals surface area contributed by atoms with Gasteiger partial charge >= 0.3 is 0 Å². The fraction of sp³-hybridized carbons (Fsp3) is 0.417. The van der Waals surface area contributed by atoms with Crippen LogP contribution in [0.25, 0.3) is 0 Å². The van der Waals surface area contributed by atoms with Gasteiger partial charge in [0.05, 0.1) is 0 Å². The topological polar surface area (TPSA) is 29.1 Å². The molecule has 0 saturated carbocycles. The predicted molar refractivity (Wildman–Crippen MR) is 71.1 cm³/mol. The molecule has 0 unspecified atom stereocenters. The largest absolute Gasteiger partial charge is 0.323 e. The summed E-state index contributed by atoms with van der Waals surface area (Å²) < 4.78 is -0.353. The van der Waals surface area contributed by atoms with Crippen molar-refractivity contribution < 1.29 is 4.79 Å². The molecule has 2 aliphatic heterocycles. The molecule has 0 bridgehead atoms. The summed E-state index contributed by atoms with van der Waals surface area (Å²) in [5, 5.41) is 3.02. The molecule has 0 aliphatic carbocycles. The molecular weight excluding hydrogens is 238 g/mol. The zero-order valence-corrected chi connectivity index (χ0v) is 10.9. The van der Waals surface area contributed by atoms with Gasteiger partial charge in [-0.2, -0.15) is 0 Å². The predicted octanol–water partition coefficient (Wildman–Crippen LogP) is 2.89. The van der Waals surface area contributed by atoms with Crippen molar-refractivity contribution in [3.63, 3.8) is 0 Å². The lowest BCUT2D eigenvalue weighted by Gasteiger charge is -2.19. The van der Waals surface area contributed by atoms with E-state index in [2.05, 4.69) is 31.3 Å². The number of aryl methyl sites for hydroxylation is 2. The monoisotopic (exact) mass is 251 g/mol. The number of fused-ring (bicyclic) bond motifs is 2. The number of hydrogen-bond acceptors (Lipinski definition) is 3. The van der Waals surface area contributed by atoms with Crippen molar-refractivity contribution >= 4 is 35.1 Å². The third-order valence-corrected chi connectivity index (χ3v) is 6.64. The fourth-order valence-electron chi connectivity index (χ4n) is 2.22. The minimum Gasteiger partial charge on any atom is -0.323 e. The Bertz CT molecular complexity index is 478. The molecule has 1 spiro atoms. The van der Waals surface area contributed by atoms with E-state index < -0.39 is 0 Å². The van der Waals surface area contributed by atoms with Gasteiger partial charge in [-0.3, -0.25) is 4.79 Å². The summed E-state index contributed by atoms with van der Waals surface area (Å²) in [6, 6.07) is 4.27. The molecule has 1 saturated heterocycles. The maximum atomic E-state index is 12.1. The van der Waals surface area contributed by atoms with Crippen LogP contribution in [-0.4, -0.2) is 17.4 Å². The first-order valence-electron chi connectivity index (χ1n) is 5.34. The Morgan fingerprint density at radius 3 is 2.50 bits per heavy atom. The lowest BCUT2D eigenvalue weighted by molar-refractivity contribution is -0.116. The van der Waals surface area contributed by atoms with Gasteiger partial charge in [-0.05, 0) is 31.0 Å². The number of benzene rings is 1. The maximum absolute atomic E-state index is 12.1. The number of anilines is 1. The SMILES string of the molecule is Cc1cc2c(cc1C)C1(SCCS1)C(=O)N2. The molecule has 0 atom stereocenters. The van der Waals surface area contributed by atoms with Crippen LogP contribution in [0.3, 0.4) is 0 Å². The Balaban J connectivity index is 2.20. The van der Waals surface area contributed by atoms with E-state index in [1.54, 1.807) is 23.5 Å². The molecule has 4 heteroatoms. The highest BCUT2D eigenvalue weighted by Crippen LogP contribution is 2.57. The summed E-state index contributed by atoms with van der Waals surface area (Å²) >= 11 is 3.54. The van der Waals surface area contributed by atoms with Crippen LogP contribution in [0.2, 0.25) is 0 Å². The lowest BCUT2D eigenvalue weighted by Crippen LogP contribution is -2.24. The Morgan fingerprint density at radius 1 is 1.19 bits per heavy atom. The molecule has 1 aromatic rings. The third-order valence-electron chi connectivity index (χ3n) is 3.23. The van der Waals surface area contributed by atoms with Gasteiger partial charge in [0.2, 0.25) is 0 Å². The zero-order valence-electron chi connectivity index (χ0n) is 9.29. The van der Waals surface area contributed by atoms with Gasteiger partial charge in [-0.1, -0.05) is 6.07 Å². The molecular formula is C12H13NOS2. The second-order valence-corrected chi connectivity index (χ2v) is 7.13. The molecule has 3 rings (SSSR count). The molecule has 1 N–H and O–H groups in total. The Morgan fingerprint density at radius 2 is 1.81 bits per heavy atom. The summed E-state index contributed by atoms with van der Waals surface area (Å²) in [5.74, 6) is 2.27. The quantitative estimate of drug-likeness (QED) is 0.768. The van der Waals surface area contributed by atoms with E-state index in [0.29, 0.717) is 0 Å². The summed E-state index contributed by atoms with van der Waals surface area (Å²) in [5.41, 5.74) is 4.69. The minimum absolute atomic E-state index is 0.153. The highest BCUT2D eigenvalue weighted by atomic mass is 32.2. The van der Waals surface area contributed by atoms with E-state index in [0.717, 1.165) is 17.2 Å². The molecule has 0 aromatic heterocycles. The third kappa shape index (κ3) is 1.26. The van der Waals surface area contributed by atoms with E-state index in [1.807, 2.05) is 0 Å². The van der Waals surface area contributed by atoms with Crippen molar-refractivity contribution in [1.29, 1.82) is 0 Å². The summed E-state index contributed by atoms with van der Waals surface area (Å²) in [6.45, 7) is 4.19. The van der Waals surface area contributed by atoms with E-state index in [1.165, 1.54) is 16.7 Å². The molecule has 2 heterocycles. The molecule has 16 heavy (non-hydrogen) atoms. The van der Waals surface area contributed by atoms with Crippen LogP contribution >= 0.6 is 23.5 Å². The van der Waals surface area contributed by atoms with Crippen molar-refractivity contribution in [1.82, 2.24) is 0 Å². The van der Waals surface area contributed by atoms with Crippen LogP contribution in [-0.2, 0) is 8.87 Å². The number of rotatable bonds is 0. The highest BCUT2D eigenvalue weighted by molar-refractivity contribution is 8.21. The van der Waals surface area contributed by atoms with Gasteiger partial charge in [-0.15, -0.1) is 23.5 Å². The normalized spacial score (nSPS) is 21.2. The van der Waals surface area contributed by atoms with Crippen molar-refractivity contribution in [3.05, 3.63) is 28.8 Å². The first kappa shape index (κ1) is 10.5. The standard InChI is InChI=1S/C12H13NOS2/c1-7-5-9-10(6-8(7)2)13-11(14)12(9)15-3-4-16-12/h5-6H,3-4H2,1-2H3,(H,13,14). The van der Waals surface area contributed by atoms with E-state index in [9.17, 15) is 4.79 Å². The average Bonchev–Trinajstić information content (AvgIpc) is 2.80. The molecule has 1 fully saturated rings. The first-order valence-corrected chi connectivity index (χ1v) is 7.32. The second kappa shape index (κ2) is 3.44. The molecule has 84 valence electrons. The summed E-state index contributed by atoms with van der Waals surface area (Å²) in [4.78, 5) is 12.1. The van der Waals surface area contributed by atoms with Crippen LogP contribution < -0.4 is 5.32 Å². The van der Waals surface area contributed by atoms with Crippen molar-refractivity contribution in [2.45, 2.75) is 17.9 Å². The van der Waals surface area contributed by atoms with E-state index >= 15 is 0 Å². The molecule has 1 amide bonds. The molecule has 2 aliphatic rings. The van der Waals surface area contributed by atoms with E-state index in [4.69, 9.17) is 0 Å². The lowest BCUT2D eigenvalue weighted by atomic mass is 10.0. The molecule has 1 aromatic carbocycles. The number of carbonyl (C=O) groups is 1. The first-order chi connectivity index (χ1) is 7.63. The van der Waals surface area contributed by atoms with Gasteiger partial charge in [0.1, 0.15) is 0 Å². The van der Waals surface area contributed by atoms with Gasteiger partial charge in [-0.25, -0.2) is 0 Å². The number of thioether (sulfide) groups is 2. The number of amides is 1. The van der Waals surface area contributed by atoms with Crippen LogP contribution in [0.15, 0.2) is 12.1 Å². The second-order valence-electron chi connectivity index (χ2n) is 4.25. The Hall–Kier alpha value is -0.610. The Labute approximate surface area is 104 Å². The highest BCUT2D eigenvalue weighted by Gasteiger charge is 2.50.